The topological polar surface area (TPSA) is 45.5 Å². The van der Waals surface area contributed by atoms with Gasteiger partial charge in [0.25, 0.3) is 5.91 Å². The van der Waals surface area contributed by atoms with Crippen LogP contribution in [0, 0.1) is 6.92 Å². The first kappa shape index (κ1) is 14.6. The summed E-state index contributed by atoms with van der Waals surface area (Å²) in [4.78, 5) is 14.8. The number of furan rings is 1. The smallest absolute Gasteiger partial charge is 0.258 e. The van der Waals surface area contributed by atoms with Crippen LogP contribution in [0.25, 0.3) is 0 Å². The van der Waals surface area contributed by atoms with Crippen LogP contribution in [0.3, 0.4) is 0 Å². The Morgan fingerprint density at radius 3 is 2.58 bits per heavy atom. The fourth-order valence-electron chi connectivity index (χ4n) is 3.02. The molecule has 1 amide bonds. The minimum atomic E-state index is -0.316. The molecule has 1 atom stereocenters. The summed E-state index contributed by atoms with van der Waals surface area (Å²) in [6.45, 7) is 2.57. The van der Waals surface area contributed by atoms with E-state index < -0.39 is 0 Å². The summed E-state index contributed by atoms with van der Waals surface area (Å²) in [5.41, 5.74) is 3.82. The second-order valence-corrected chi connectivity index (χ2v) is 6.03. The van der Waals surface area contributed by atoms with Crippen molar-refractivity contribution in [1.82, 2.24) is 4.90 Å². The molecule has 1 aliphatic rings. The molecule has 0 saturated carbocycles. The summed E-state index contributed by atoms with van der Waals surface area (Å²) in [6.07, 6.45) is 1.31. The molecule has 4 rings (SSSR count). The molecule has 0 saturated heterocycles. The number of hydrogen-bond acceptors (Lipinski definition) is 3. The number of fused-ring (bicyclic) bond motifs is 1. The van der Waals surface area contributed by atoms with Crippen LogP contribution in [-0.2, 0) is 6.54 Å². The lowest BCUT2D eigenvalue weighted by atomic mass is 10.0. The van der Waals surface area contributed by atoms with Gasteiger partial charge in [0.1, 0.15) is 5.76 Å². The maximum atomic E-state index is 13.0. The van der Waals surface area contributed by atoms with E-state index in [1.54, 1.807) is 6.26 Å². The third-order valence-corrected chi connectivity index (χ3v) is 4.31. The minimum Gasteiger partial charge on any atom is -0.465 e. The predicted octanol–water partition coefficient (Wildman–Crippen LogP) is 4.35. The van der Waals surface area contributed by atoms with E-state index in [0.717, 1.165) is 17.0 Å². The SMILES string of the molecule is Cc1ccc(CN2C(=O)c3ccccc3NC2c2ccco2)cc1. The molecule has 1 aromatic heterocycles. The molecule has 2 aromatic carbocycles. The number of amides is 1. The van der Waals surface area contributed by atoms with E-state index in [1.807, 2.05) is 41.3 Å². The predicted molar refractivity (Wildman–Crippen MR) is 92.6 cm³/mol. The van der Waals surface area contributed by atoms with Crippen molar-refractivity contribution in [2.24, 2.45) is 0 Å². The van der Waals surface area contributed by atoms with E-state index in [4.69, 9.17) is 4.42 Å². The van der Waals surface area contributed by atoms with Gasteiger partial charge in [-0.15, -0.1) is 0 Å². The van der Waals surface area contributed by atoms with Crippen LogP contribution in [0.5, 0.6) is 0 Å². The van der Waals surface area contributed by atoms with E-state index in [1.165, 1.54) is 5.56 Å². The van der Waals surface area contributed by atoms with Crippen molar-refractivity contribution in [2.75, 3.05) is 5.32 Å². The van der Waals surface area contributed by atoms with Gasteiger partial charge in [-0.1, -0.05) is 42.0 Å². The number of benzene rings is 2. The van der Waals surface area contributed by atoms with Crippen LogP contribution < -0.4 is 5.32 Å². The summed E-state index contributed by atoms with van der Waals surface area (Å²) < 4.78 is 5.57. The van der Waals surface area contributed by atoms with Crippen LogP contribution in [0.15, 0.2) is 71.3 Å². The van der Waals surface area contributed by atoms with E-state index in [0.29, 0.717) is 12.1 Å². The summed E-state index contributed by atoms with van der Waals surface area (Å²) >= 11 is 0. The molecular formula is C20H18N2O2. The summed E-state index contributed by atoms with van der Waals surface area (Å²) in [7, 11) is 0. The standard InChI is InChI=1S/C20H18N2O2/c1-14-8-10-15(11-9-14)13-22-19(18-7-4-12-24-18)21-17-6-3-2-5-16(17)20(22)23/h2-12,19,21H,13H2,1H3. The molecule has 24 heavy (non-hydrogen) atoms. The molecule has 0 bridgehead atoms. The Labute approximate surface area is 140 Å². The fraction of sp³-hybridized carbons (Fsp3) is 0.150. The molecule has 120 valence electrons. The minimum absolute atomic E-state index is 0.00586. The Morgan fingerprint density at radius 1 is 1.04 bits per heavy atom. The van der Waals surface area contributed by atoms with Gasteiger partial charge in [-0.3, -0.25) is 4.79 Å². The Bertz CT molecular complexity index is 854. The van der Waals surface area contributed by atoms with E-state index in [-0.39, 0.29) is 12.1 Å². The van der Waals surface area contributed by atoms with E-state index in [9.17, 15) is 4.79 Å². The maximum absolute atomic E-state index is 13.0. The third kappa shape index (κ3) is 2.56. The van der Waals surface area contributed by atoms with E-state index >= 15 is 0 Å². The van der Waals surface area contributed by atoms with Crippen LogP contribution in [0.2, 0.25) is 0 Å². The molecule has 1 unspecified atom stereocenters. The zero-order valence-corrected chi connectivity index (χ0v) is 13.4. The second-order valence-electron chi connectivity index (χ2n) is 6.03. The first-order chi connectivity index (χ1) is 11.7. The molecule has 1 N–H and O–H groups in total. The first-order valence-corrected chi connectivity index (χ1v) is 7.98. The number of para-hydroxylation sites is 1. The zero-order chi connectivity index (χ0) is 16.5. The number of anilines is 1. The zero-order valence-electron chi connectivity index (χ0n) is 13.4. The lowest BCUT2D eigenvalue weighted by Gasteiger charge is -2.36. The van der Waals surface area contributed by atoms with Crippen LogP contribution in [0.4, 0.5) is 5.69 Å². The summed E-state index contributed by atoms with van der Waals surface area (Å²) in [5, 5.41) is 3.42. The highest BCUT2D eigenvalue weighted by molar-refractivity contribution is 6.01. The number of hydrogen-bond donors (Lipinski definition) is 1. The van der Waals surface area contributed by atoms with Gasteiger partial charge in [0.05, 0.1) is 11.8 Å². The fourth-order valence-corrected chi connectivity index (χ4v) is 3.02. The normalized spacial score (nSPS) is 16.6. The van der Waals surface area contributed by atoms with Gasteiger partial charge in [-0.25, -0.2) is 0 Å². The number of aryl methyl sites for hydroxylation is 1. The molecule has 4 heteroatoms. The van der Waals surface area contributed by atoms with Crippen molar-refractivity contribution in [3.63, 3.8) is 0 Å². The summed E-state index contributed by atoms with van der Waals surface area (Å²) in [5.74, 6) is 0.733. The van der Waals surface area contributed by atoms with Crippen LogP contribution in [0.1, 0.15) is 33.4 Å². The lowest BCUT2D eigenvalue weighted by Crippen LogP contribution is -2.42. The highest BCUT2D eigenvalue weighted by Gasteiger charge is 2.34. The van der Waals surface area contributed by atoms with Crippen molar-refractivity contribution in [3.8, 4) is 0 Å². The Morgan fingerprint density at radius 2 is 1.83 bits per heavy atom. The van der Waals surface area contributed by atoms with Gasteiger partial charge >= 0.3 is 0 Å². The van der Waals surface area contributed by atoms with Crippen molar-refractivity contribution >= 4 is 11.6 Å². The highest BCUT2D eigenvalue weighted by atomic mass is 16.3. The lowest BCUT2D eigenvalue weighted by molar-refractivity contribution is 0.0645. The maximum Gasteiger partial charge on any atom is 0.258 e. The Hall–Kier alpha value is -3.01. The Kier molecular flexibility index (Phi) is 3.58. The van der Waals surface area contributed by atoms with Gasteiger partial charge in [0.15, 0.2) is 6.17 Å². The van der Waals surface area contributed by atoms with Crippen molar-refractivity contribution in [2.45, 2.75) is 19.6 Å². The monoisotopic (exact) mass is 318 g/mol. The number of carbonyl (C=O) groups excluding carboxylic acids is 1. The molecule has 0 radical (unpaired) electrons. The van der Waals surface area contributed by atoms with Gasteiger partial charge in [0.2, 0.25) is 0 Å². The molecule has 4 nitrogen and oxygen atoms in total. The average molecular weight is 318 g/mol. The number of nitrogens with one attached hydrogen (secondary N) is 1. The molecule has 3 aromatic rings. The molecule has 1 aliphatic heterocycles. The van der Waals surface area contributed by atoms with Gasteiger partial charge in [0, 0.05) is 12.2 Å². The molecule has 0 spiro atoms. The average Bonchev–Trinajstić information content (AvgIpc) is 3.13. The van der Waals surface area contributed by atoms with Crippen LogP contribution in [-0.4, -0.2) is 10.8 Å². The molecular weight excluding hydrogens is 300 g/mol. The number of nitrogens with zero attached hydrogens (tertiary/aromatic N) is 1. The molecule has 0 aliphatic carbocycles. The van der Waals surface area contributed by atoms with E-state index in [2.05, 4.69) is 36.5 Å². The quantitative estimate of drug-likeness (QED) is 0.780. The van der Waals surface area contributed by atoms with Crippen molar-refractivity contribution in [1.29, 1.82) is 0 Å². The molecule has 2 heterocycles. The second kappa shape index (κ2) is 5.89. The van der Waals surface area contributed by atoms with Crippen molar-refractivity contribution in [3.05, 3.63) is 89.4 Å². The first-order valence-electron chi connectivity index (χ1n) is 7.98. The molecule has 0 fully saturated rings. The van der Waals surface area contributed by atoms with Gasteiger partial charge < -0.3 is 14.6 Å². The summed E-state index contributed by atoms with van der Waals surface area (Å²) in [6, 6.07) is 19.6. The van der Waals surface area contributed by atoms with Gasteiger partial charge in [-0.2, -0.15) is 0 Å². The highest BCUT2D eigenvalue weighted by Crippen LogP contribution is 2.34. The largest absolute Gasteiger partial charge is 0.465 e. The van der Waals surface area contributed by atoms with Crippen LogP contribution >= 0.6 is 0 Å². The van der Waals surface area contributed by atoms with Crippen molar-refractivity contribution < 1.29 is 9.21 Å². The number of rotatable bonds is 3. The van der Waals surface area contributed by atoms with Gasteiger partial charge in [-0.05, 0) is 36.8 Å². The third-order valence-electron chi connectivity index (χ3n) is 4.31. The Balaban J connectivity index is 1.73. The number of carbonyl (C=O) groups is 1.